The van der Waals surface area contributed by atoms with E-state index in [-0.39, 0.29) is 5.91 Å². The van der Waals surface area contributed by atoms with Crippen molar-refractivity contribution in [1.82, 2.24) is 19.8 Å². The number of fused-ring (bicyclic) bond motifs is 2. The molecule has 198 valence electrons. The van der Waals surface area contributed by atoms with Gasteiger partial charge in [-0.3, -0.25) is 4.79 Å². The standard InChI is InChI=1S/C29H33ClN6O2/c1-3-27(37)34-11-13-35(14-12-34)28-23-17-36(26-16-21-8-5-4-7-20(21)15-24(26)30)18-25(23)31-29(32-28)38-19-22-9-6-10-33(22)2/h3-5,7-8,15-16,22H,1,6,9-14,17-19H2,2H3/t22-/m0/s1. The number of amides is 1. The number of piperazine rings is 1. The van der Waals surface area contributed by atoms with Crippen LogP contribution in [-0.4, -0.2) is 78.1 Å². The zero-order valence-electron chi connectivity index (χ0n) is 21.8. The van der Waals surface area contributed by atoms with Gasteiger partial charge in [0.2, 0.25) is 5.91 Å². The third-order valence-electron chi connectivity index (χ3n) is 8.04. The summed E-state index contributed by atoms with van der Waals surface area (Å²) in [4.78, 5) is 30.6. The van der Waals surface area contributed by atoms with E-state index in [4.69, 9.17) is 26.3 Å². The van der Waals surface area contributed by atoms with Crippen molar-refractivity contribution >= 4 is 39.8 Å². The van der Waals surface area contributed by atoms with E-state index in [9.17, 15) is 4.79 Å². The summed E-state index contributed by atoms with van der Waals surface area (Å²) in [5.41, 5.74) is 3.06. The summed E-state index contributed by atoms with van der Waals surface area (Å²) in [6.45, 7) is 9.27. The second-order valence-electron chi connectivity index (χ2n) is 10.4. The molecule has 1 atom stereocenters. The largest absolute Gasteiger partial charge is 0.462 e. The van der Waals surface area contributed by atoms with Gasteiger partial charge >= 0.3 is 6.01 Å². The number of anilines is 2. The molecule has 0 spiro atoms. The summed E-state index contributed by atoms with van der Waals surface area (Å²) >= 11 is 6.78. The molecule has 0 saturated carbocycles. The molecule has 6 rings (SSSR count). The zero-order valence-corrected chi connectivity index (χ0v) is 22.5. The minimum atomic E-state index is -0.0283. The normalized spacial score (nSPS) is 19.7. The number of benzene rings is 2. The summed E-state index contributed by atoms with van der Waals surface area (Å²) in [6.07, 6.45) is 3.70. The van der Waals surface area contributed by atoms with E-state index in [1.165, 1.54) is 12.5 Å². The molecule has 3 aromatic rings. The van der Waals surface area contributed by atoms with Crippen molar-refractivity contribution in [3.63, 3.8) is 0 Å². The highest BCUT2D eigenvalue weighted by molar-refractivity contribution is 6.34. The third kappa shape index (κ3) is 4.78. The highest BCUT2D eigenvalue weighted by Crippen LogP contribution is 2.39. The fraction of sp³-hybridized carbons (Fsp3) is 0.414. The second-order valence-corrected chi connectivity index (χ2v) is 10.8. The number of carbonyl (C=O) groups is 1. The van der Waals surface area contributed by atoms with Crippen LogP contribution < -0.4 is 14.5 Å². The molecule has 0 N–H and O–H groups in total. The first kappa shape index (κ1) is 24.9. The second kappa shape index (κ2) is 10.4. The van der Waals surface area contributed by atoms with Crippen LogP contribution in [-0.2, 0) is 17.9 Å². The highest BCUT2D eigenvalue weighted by Gasteiger charge is 2.31. The molecule has 0 aliphatic carbocycles. The molecule has 3 aliphatic heterocycles. The molecule has 2 fully saturated rings. The molecule has 2 saturated heterocycles. The van der Waals surface area contributed by atoms with Gasteiger partial charge in [-0.05, 0) is 55.4 Å². The molecular weight excluding hydrogens is 500 g/mol. The summed E-state index contributed by atoms with van der Waals surface area (Å²) in [7, 11) is 2.14. The maximum atomic E-state index is 12.1. The van der Waals surface area contributed by atoms with Crippen LogP contribution in [0.4, 0.5) is 11.5 Å². The van der Waals surface area contributed by atoms with Crippen LogP contribution in [0, 0.1) is 0 Å². The average molecular weight is 533 g/mol. The van der Waals surface area contributed by atoms with E-state index in [2.05, 4.69) is 46.5 Å². The predicted octanol–water partition coefficient (Wildman–Crippen LogP) is 4.11. The van der Waals surface area contributed by atoms with Crippen LogP contribution in [0.25, 0.3) is 10.8 Å². The fourth-order valence-electron chi connectivity index (χ4n) is 5.78. The summed E-state index contributed by atoms with van der Waals surface area (Å²) in [5, 5.41) is 3.00. The van der Waals surface area contributed by atoms with E-state index in [1.807, 2.05) is 23.1 Å². The number of rotatable bonds is 6. The lowest BCUT2D eigenvalue weighted by Crippen LogP contribution is -2.48. The van der Waals surface area contributed by atoms with Gasteiger partial charge in [-0.2, -0.15) is 9.97 Å². The maximum Gasteiger partial charge on any atom is 0.318 e. The lowest BCUT2D eigenvalue weighted by molar-refractivity contribution is -0.126. The van der Waals surface area contributed by atoms with E-state index < -0.39 is 0 Å². The molecule has 0 radical (unpaired) electrons. The SMILES string of the molecule is C=CC(=O)N1CCN(c2nc(OC[C@@H]3CCCN3C)nc3c2CN(c2cc4ccccc4cc2Cl)C3)CC1. The number of halogens is 1. The molecule has 2 aromatic carbocycles. The van der Waals surface area contributed by atoms with Gasteiger partial charge in [-0.15, -0.1) is 0 Å². The maximum absolute atomic E-state index is 12.1. The number of carbonyl (C=O) groups excluding carboxylic acids is 1. The van der Waals surface area contributed by atoms with Gasteiger partial charge in [0.15, 0.2) is 0 Å². The van der Waals surface area contributed by atoms with Crippen molar-refractivity contribution in [2.24, 2.45) is 0 Å². The Morgan fingerprint density at radius 3 is 2.55 bits per heavy atom. The molecule has 9 heteroatoms. The smallest absolute Gasteiger partial charge is 0.318 e. The van der Waals surface area contributed by atoms with Crippen molar-refractivity contribution in [3.05, 3.63) is 65.3 Å². The quantitative estimate of drug-likeness (QED) is 0.443. The topological polar surface area (TPSA) is 65.0 Å². The van der Waals surface area contributed by atoms with Crippen LogP contribution in [0.1, 0.15) is 24.1 Å². The highest BCUT2D eigenvalue weighted by atomic mass is 35.5. The van der Waals surface area contributed by atoms with E-state index in [0.717, 1.165) is 51.5 Å². The van der Waals surface area contributed by atoms with Crippen LogP contribution in [0.2, 0.25) is 5.02 Å². The number of nitrogens with zero attached hydrogens (tertiary/aromatic N) is 6. The first-order valence-corrected chi connectivity index (χ1v) is 13.7. The summed E-state index contributed by atoms with van der Waals surface area (Å²) < 4.78 is 6.20. The zero-order chi connectivity index (χ0) is 26.2. The van der Waals surface area contributed by atoms with Crippen LogP contribution in [0.5, 0.6) is 6.01 Å². The Balaban J connectivity index is 1.29. The molecule has 38 heavy (non-hydrogen) atoms. The van der Waals surface area contributed by atoms with Crippen LogP contribution in [0.15, 0.2) is 49.1 Å². The Kier molecular flexibility index (Phi) is 6.84. The Hall–Kier alpha value is -3.36. The molecule has 1 amide bonds. The van der Waals surface area contributed by atoms with Gasteiger partial charge in [0.1, 0.15) is 12.4 Å². The van der Waals surface area contributed by atoms with Crippen molar-refractivity contribution in [2.75, 3.05) is 56.2 Å². The van der Waals surface area contributed by atoms with Crippen LogP contribution >= 0.6 is 11.6 Å². The monoisotopic (exact) mass is 532 g/mol. The average Bonchev–Trinajstić information content (AvgIpc) is 3.56. The van der Waals surface area contributed by atoms with Gasteiger partial charge < -0.3 is 24.3 Å². The van der Waals surface area contributed by atoms with Crippen molar-refractivity contribution < 1.29 is 9.53 Å². The fourth-order valence-corrected chi connectivity index (χ4v) is 6.07. The van der Waals surface area contributed by atoms with Gasteiger partial charge in [0.05, 0.1) is 22.9 Å². The predicted molar refractivity (Wildman–Crippen MR) is 151 cm³/mol. The molecule has 4 heterocycles. The molecule has 0 unspecified atom stereocenters. The number of likely N-dealkylation sites (N-methyl/N-ethyl adjacent to an activating group) is 1. The number of aromatic nitrogens is 2. The van der Waals surface area contributed by atoms with Crippen LogP contribution in [0.3, 0.4) is 0 Å². The Labute approximate surface area is 228 Å². The van der Waals surface area contributed by atoms with Crippen molar-refractivity contribution in [2.45, 2.75) is 32.0 Å². The molecular formula is C29H33ClN6O2. The lowest BCUT2D eigenvalue weighted by atomic mass is 10.1. The first-order valence-electron chi connectivity index (χ1n) is 13.3. The summed E-state index contributed by atoms with van der Waals surface area (Å²) in [5.74, 6) is 0.870. The molecule has 0 bridgehead atoms. The molecule has 3 aliphatic rings. The van der Waals surface area contributed by atoms with E-state index in [0.29, 0.717) is 57.9 Å². The minimum Gasteiger partial charge on any atom is -0.462 e. The van der Waals surface area contributed by atoms with E-state index >= 15 is 0 Å². The Bertz CT molecular complexity index is 1370. The Morgan fingerprint density at radius 2 is 1.84 bits per heavy atom. The third-order valence-corrected chi connectivity index (χ3v) is 8.34. The van der Waals surface area contributed by atoms with E-state index in [1.54, 1.807) is 0 Å². The Morgan fingerprint density at radius 1 is 1.08 bits per heavy atom. The van der Waals surface area contributed by atoms with Gasteiger partial charge in [-0.1, -0.05) is 42.4 Å². The minimum absolute atomic E-state index is 0.0283. The number of hydrogen-bond donors (Lipinski definition) is 0. The summed E-state index contributed by atoms with van der Waals surface area (Å²) in [6, 6.07) is 13.3. The van der Waals surface area contributed by atoms with Gasteiger partial charge in [0, 0.05) is 44.3 Å². The van der Waals surface area contributed by atoms with Gasteiger partial charge in [0.25, 0.3) is 0 Å². The number of hydrogen-bond acceptors (Lipinski definition) is 7. The van der Waals surface area contributed by atoms with Gasteiger partial charge in [-0.25, -0.2) is 0 Å². The molecule has 1 aromatic heterocycles. The lowest BCUT2D eigenvalue weighted by Gasteiger charge is -2.35. The van der Waals surface area contributed by atoms with Crippen molar-refractivity contribution in [3.8, 4) is 6.01 Å². The molecule has 8 nitrogen and oxygen atoms in total. The first-order chi connectivity index (χ1) is 18.5. The number of ether oxygens (including phenoxy) is 1. The van der Waals surface area contributed by atoms with Crippen molar-refractivity contribution in [1.29, 1.82) is 0 Å². The number of likely N-dealkylation sites (tertiary alicyclic amines) is 1.